The van der Waals surface area contributed by atoms with Crippen molar-refractivity contribution in [1.29, 1.82) is 0 Å². The van der Waals surface area contributed by atoms with Crippen molar-refractivity contribution in [2.24, 2.45) is 5.89 Å². The second-order valence-electron chi connectivity index (χ2n) is 31.3. The normalized spacial score (nSPS) is 19.7. The van der Waals surface area contributed by atoms with Gasteiger partial charge in [-0.1, -0.05) is 229 Å². The Hall–Kier alpha value is -11.9. The Balaban J connectivity index is 0.000000225. The molecular weight excluding hydrogens is 1910 g/mol. The molecule has 18 nitrogen and oxygen atoms in total. The van der Waals surface area contributed by atoms with E-state index in [4.69, 9.17) is 43.9 Å². The number of carbonyl (C=O) groups is 3. The highest BCUT2D eigenvalue weighted by Crippen LogP contribution is 2.39. The van der Waals surface area contributed by atoms with Gasteiger partial charge in [-0.3, -0.25) is 28.8 Å². The summed E-state index contributed by atoms with van der Waals surface area (Å²) in [4.78, 5) is 100. The van der Waals surface area contributed by atoms with Gasteiger partial charge in [0, 0.05) is 125 Å². The van der Waals surface area contributed by atoms with Crippen LogP contribution in [0.1, 0.15) is 208 Å². The third kappa shape index (κ3) is 29.5. The fourth-order valence-corrected chi connectivity index (χ4v) is 16.7. The van der Waals surface area contributed by atoms with Crippen molar-refractivity contribution in [2.75, 3.05) is 78.2 Å². The predicted octanol–water partition coefficient (Wildman–Crippen LogP) is 22.2. The maximum Gasteiger partial charge on any atom is 0.416 e. The molecule has 1 atom stereocenters. The van der Waals surface area contributed by atoms with Crippen molar-refractivity contribution in [1.82, 2.24) is 58.1 Å². The van der Waals surface area contributed by atoms with Crippen molar-refractivity contribution < 1.29 is 125 Å². The summed E-state index contributed by atoms with van der Waals surface area (Å²) < 4.78 is 531. The van der Waals surface area contributed by atoms with Gasteiger partial charge in [0.05, 0.1) is 59.2 Å². The summed E-state index contributed by atoms with van der Waals surface area (Å²) in [5.41, 5.74) is -11.6. The number of hydrogen-bond donors (Lipinski definition) is 0. The topological polar surface area (TPSA) is 175 Å². The van der Waals surface area contributed by atoms with E-state index in [1.807, 2.05) is 0 Å². The molecule has 0 fully saturated rings. The van der Waals surface area contributed by atoms with Crippen molar-refractivity contribution in [3.8, 4) is 33.4 Å². The van der Waals surface area contributed by atoms with E-state index in [0.29, 0.717) is 61.7 Å². The highest BCUT2D eigenvalue weighted by molar-refractivity contribution is 7.98. The molecule has 33 heteroatoms. The lowest BCUT2D eigenvalue weighted by molar-refractivity contribution is -0.138. The Morgan fingerprint density at radius 3 is 1.02 bits per heavy atom. The van der Waals surface area contributed by atoms with Gasteiger partial charge in [0.25, 0.3) is 16.7 Å². The van der Waals surface area contributed by atoms with Crippen LogP contribution in [0.4, 0.5) is 52.7 Å². The molecule has 0 N–H and O–H groups in total. The van der Waals surface area contributed by atoms with Gasteiger partial charge in [-0.25, -0.2) is 13.2 Å². The Morgan fingerprint density at radius 2 is 0.692 bits per heavy atom. The standard InChI is InChI=1S/2C37H40F4N4O2S.C36H38F4N4O2S/c1-4-43(5-2)18-19-44(22-26-6-10-28(11-7-26)29-12-14-30(15-13-29)37(39,40)41)34(46)23-45-33-21-25(3)20-32(33)35(47)42-36(45)48-24-27-8-16-31(38)17-9-27;1-4-43(5-2)19-20-44(22-26-9-13-28(14-10-26)29-15-18-32(25(3)21-29)37(39,40)41)34(46)23-45-33-8-6-7-31(33)35(47)42-36(45)48-24-27-11-16-30(38)17-12-27;1-3-42(4-2)20-21-43(22-25-8-12-27(13-9-25)28-14-16-29(17-15-28)36(38,39)40)33(45)23-44-32-7-5-6-31(32)34(46)41-35(44)47-24-26-10-18-30(37)19-11-26/h6-17,25H,4-5,18-24H2,1-3H3;9-18,21H,4-8,19-20,22-24H2,1-3H3;8-19H,3-7,20-24H2,1-2H3/i8D,9D,16D,17D,18D2,19D2,20D2,21D2,23D2,25D;9D,10D,11D,12D,13D,14D,15D,16D,17D,18D,19D2,20D2,21D,23D2;10D,11D,18D,19D,20D2,21D2,23D2. The van der Waals surface area contributed by atoms with Crippen LogP contribution >= 0.6 is 35.3 Å². The molecule has 0 aliphatic heterocycles. The summed E-state index contributed by atoms with van der Waals surface area (Å²) in [7, 11) is 0. The summed E-state index contributed by atoms with van der Waals surface area (Å²) in [6.07, 6.45) is -20.0. The molecule has 3 aliphatic carbocycles. The summed E-state index contributed by atoms with van der Waals surface area (Å²) in [6, 6.07) is 0.835. The smallest absolute Gasteiger partial charge is 0.336 e. The summed E-state index contributed by atoms with van der Waals surface area (Å²) in [5, 5.41) is -1.97. The minimum atomic E-state index is -5.19. The van der Waals surface area contributed by atoms with Crippen molar-refractivity contribution >= 4 is 53.0 Å². The first-order valence-electron chi connectivity index (χ1n) is 65.2. The number of alkyl halides is 9. The fraction of sp³-hybridized carbons (Fsp3) is 0.373. The Kier molecular flexibility index (Phi) is 22.7. The van der Waals surface area contributed by atoms with E-state index in [9.17, 15) is 85.6 Å². The number of thioether (sulfide) groups is 3. The fourth-order valence-electron chi connectivity index (χ4n) is 14.2. The van der Waals surface area contributed by atoms with Crippen LogP contribution in [0.3, 0.4) is 0 Å². The van der Waals surface area contributed by atoms with E-state index in [0.717, 1.165) is 57.4 Å². The molecule has 0 saturated carbocycles. The number of nitrogens with zero attached hydrogens (tertiary/aromatic N) is 12. The molecule has 3 heterocycles. The molecule has 0 radical (unpaired) electrons. The zero-order chi connectivity index (χ0) is 140. The maximum absolute atomic E-state index is 15.0. The zero-order valence-electron chi connectivity index (χ0n) is 120. The molecule has 9 aromatic carbocycles. The Morgan fingerprint density at radius 1 is 0.385 bits per heavy atom. The second-order valence-corrected chi connectivity index (χ2v) is 34.2. The molecule has 3 aliphatic rings. The number of aromatic nitrogens is 6. The zero-order valence-corrected chi connectivity index (χ0v) is 80.0. The number of carbonyl (C=O) groups excluding carboxylic acids is 3. The van der Waals surface area contributed by atoms with Gasteiger partial charge >= 0.3 is 18.5 Å². The number of fused-ring (bicyclic) bond motifs is 3. The second kappa shape index (κ2) is 50.1. The third-order valence-corrected chi connectivity index (χ3v) is 24.6. The lowest BCUT2D eigenvalue weighted by Crippen LogP contribution is -2.40. The van der Waals surface area contributed by atoms with Crippen LogP contribution in [0.15, 0.2) is 242 Å². The van der Waals surface area contributed by atoms with Crippen LogP contribution in [0.5, 0.6) is 0 Å². The molecule has 0 spiro atoms. The van der Waals surface area contributed by atoms with Gasteiger partial charge in [-0.15, -0.1) is 0 Å². The molecule has 1 unspecified atom stereocenters. The number of likely N-dealkylation sites (N-methyl/N-ethyl adjacent to an activating group) is 3. The SMILES string of the molecule is [2H]c1c([2H])c(CSc2nc(=O)c3c(n2C([2H])([2H])C(=O)N(Cc2c([2H])c([2H])c(-c4c([2H])c([2H])c(C(F)(F)F)c(C)c4[2H])c([2H])c2[2H])C([2H])([2H])C([2H])([2H])N(CC)CC)CCC3)c([2H])c([2H])c1F.[2H]c1c([2H])c(CSc2nc(=O)c3c(n2C([2H])([2H])C(=O)N(Cc2ccc(-c4ccc(C(F)(F)F)cc4)cc2)C([2H])([2H])C([2H])([2H])N(CC)CC)C([2H])([2H])C([2H])(C)C3([2H])[2H])c([2H])c([2H])c1F.[2H]c1c([2H])c(CSc2nc(=O)c3c(n2C([2H])([2H])C(=O)N(Cc2ccc(-c4ccc(C(F)(F)F)cc4)cc2)C([2H])([2H])C([2H])([2H])N(CC)CC)CCC3)c([2H])c([2H])c1F. The predicted molar refractivity (Wildman–Crippen MR) is 539 cm³/mol. The van der Waals surface area contributed by atoms with Gasteiger partial charge in [0.1, 0.15) is 36.9 Å². The largest absolute Gasteiger partial charge is 0.416 e. The molecule has 15 rings (SSSR count). The molecule has 0 saturated heterocycles. The number of hydrogen-bond acceptors (Lipinski definition) is 15. The average Bonchev–Trinajstić information content (AvgIpc) is 1.51. The van der Waals surface area contributed by atoms with Gasteiger partial charge in [-0.05, 0) is 242 Å². The van der Waals surface area contributed by atoms with Gasteiger partial charge < -0.3 is 43.1 Å². The minimum Gasteiger partial charge on any atom is -0.336 e. The summed E-state index contributed by atoms with van der Waals surface area (Å²) >= 11 is 1.29. The van der Waals surface area contributed by atoms with E-state index >= 15 is 9.59 Å². The molecule has 3 aromatic heterocycles. The average molecular weight is 2070 g/mol. The van der Waals surface area contributed by atoms with Gasteiger partial charge in [0.2, 0.25) is 17.7 Å². The van der Waals surface area contributed by atoms with Crippen molar-refractivity contribution in [3.63, 3.8) is 0 Å². The lowest BCUT2D eigenvalue weighted by Gasteiger charge is -2.28. The maximum atomic E-state index is 15.0. The molecule has 3 amide bonds. The number of amides is 3. The van der Waals surface area contributed by atoms with E-state index in [2.05, 4.69) is 15.0 Å². The van der Waals surface area contributed by atoms with Gasteiger partial charge in [0.15, 0.2) is 15.5 Å². The highest BCUT2D eigenvalue weighted by Gasteiger charge is 2.36. The van der Waals surface area contributed by atoms with E-state index in [1.54, 1.807) is 13.8 Å². The first-order valence-corrected chi connectivity index (χ1v) is 47.2. The molecule has 756 valence electrons. The lowest BCUT2D eigenvalue weighted by atomic mass is 9.98. The number of rotatable bonds is 39. The first kappa shape index (κ1) is 64.8. The van der Waals surface area contributed by atoms with Crippen molar-refractivity contribution in [3.05, 3.63) is 350 Å². The molecule has 143 heavy (non-hydrogen) atoms. The Labute approximate surface area is 897 Å². The monoisotopic (exact) mass is 2070 g/mol. The highest BCUT2D eigenvalue weighted by atomic mass is 32.2. The molecule has 0 bridgehead atoms. The minimum absolute atomic E-state index is 0.00171. The van der Waals surface area contributed by atoms with Crippen LogP contribution in [0, 0.1) is 30.3 Å². The van der Waals surface area contributed by atoms with Crippen LogP contribution in [-0.2, 0) is 128 Å². The van der Waals surface area contributed by atoms with Crippen LogP contribution in [-0.4, -0.2) is 154 Å². The Bertz CT molecular complexity index is 8840. The number of benzene rings is 9. The van der Waals surface area contributed by atoms with Gasteiger partial charge in [-0.2, -0.15) is 54.5 Å². The summed E-state index contributed by atoms with van der Waals surface area (Å²) in [6.45, 7) is -23.2. The van der Waals surface area contributed by atoms with Crippen LogP contribution in [0.25, 0.3) is 33.4 Å². The van der Waals surface area contributed by atoms with Crippen molar-refractivity contribution in [2.45, 2.75) is 197 Å². The molecular formula is C110H118F12N12O6S3. The van der Waals surface area contributed by atoms with Crippen LogP contribution in [0.2, 0.25) is 0 Å². The van der Waals surface area contributed by atoms with Crippen LogP contribution < -0.4 is 16.7 Å². The summed E-state index contributed by atoms with van der Waals surface area (Å²) in [5.74, 6) is -14.5. The first-order chi connectivity index (χ1) is 85.1. The van der Waals surface area contributed by atoms with E-state index < -0.39 is 376 Å². The quantitative estimate of drug-likeness (QED) is 0.0202. The number of halogens is 12. The third-order valence-electron chi connectivity index (χ3n) is 21.8. The van der Waals surface area contributed by atoms with E-state index in [-0.39, 0.29) is 137 Å². The molecule has 12 aromatic rings. The van der Waals surface area contributed by atoms with E-state index in [1.165, 1.54) is 100 Å².